The summed E-state index contributed by atoms with van der Waals surface area (Å²) in [5.41, 5.74) is -0.0935. The van der Waals surface area contributed by atoms with Gasteiger partial charge in [0, 0.05) is 12.5 Å². The van der Waals surface area contributed by atoms with Crippen LogP contribution in [0.15, 0.2) is 41.9 Å². The van der Waals surface area contributed by atoms with Crippen LogP contribution in [-0.4, -0.2) is 33.7 Å². The van der Waals surface area contributed by atoms with E-state index in [4.69, 9.17) is 0 Å². The highest BCUT2D eigenvalue weighted by Crippen LogP contribution is 2.26. The fraction of sp³-hybridized carbons (Fsp3) is 0.214. The van der Waals surface area contributed by atoms with Gasteiger partial charge in [0.15, 0.2) is 5.17 Å². The number of hydrogen-bond acceptors (Lipinski definition) is 6. The van der Waals surface area contributed by atoms with Crippen LogP contribution < -0.4 is 10.6 Å². The Morgan fingerprint density at radius 1 is 1.52 bits per heavy atom. The second-order valence-electron chi connectivity index (χ2n) is 4.56. The summed E-state index contributed by atoms with van der Waals surface area (Å²) in [5.74, 6) is -0.785. The van der Waals surface area contributed by atoms with Crippen molar-refractivity contribution in [1.29, 1.82) is 0 Å². The zero-order valence-corrected chi connectivity index (χ0v) is 12.8. The minimum absolute atomic E-state index is 0.102. The Balaban J connectivity index is 1.99. The largest absolute Gasteiger partial charge is 0.320 e. The number of thioether (sulfide) groups is 1. The quantitative estimate of drug-likeness (QED) is 0.467. The SMILES string of the molecule is C=CCN=C1NC(=O)[C@H](CC(=O)Nc2ccccc2[N+](=O)[O-])S1. The van der Waals surface area contributed by atoms with Crippen LogP contribution in [0.3, 0.4) is 0 Å². The zero-order chi connectivity index (χ0) is 16.8. The summed E-state index contributed by atoms with van der Waals surface area (Å²) in [6.45, 7) is 3.90. The van der Waals surface area contributed by atoms with Gasteiger partial charge in [-0.25, -0.2) is 0 Å². The van der Waals surface area contributed by atoms with E-state index < -0.39 is 16.1 Å². The number of amides is 2. The van der Waals surface area contributed by atoms with Gasteiger partial charge in [-0.1, -0.05) is 30.0 Å². The van der Waals surface area contributed by atoms with Gasteiger partial charge in [0.05, 0.1) is 11.5 Å². The Morgan fingerprint density at radius 2 is 2.26 bits per heavy atom. The number of amidine groups is 1. The molecule has 1 aliphatic rings. The summed E-state index contributed by atoms with van der Waals surface area (Å²) in [6.07, 6.45) is 1.49. The average molecular weight is 334 g/mol. The minimum Gasteiger partial charge on any atom is -0.320 e. The molecule has 2 N–H and O–H groups in total. The molecule has 120 valence electrons. The number of benzene rings is 1. The monoisotopic (exact) mass is 334 g/mol. The van der Waals surface area contributed by atoms with Gasteiger partial charge in [-0.15, -0.1) is 6.58 Å². The van der Waals surface area contributed by atoms with E-state index in [0.29, 0.717) is 11.7 Å². The van der Waals surface area contributed by atoms with Gasteiger partial charge in [0.25, 0.3) is 5.69 Å². The van der Waals surface area contributed by atoms with E-state index in [2.05, 4.69) is 22.2 Å². The van der Waals surface area contributed by atoms with Crippen LogP contribution in [0.4, 0.5) is 11.4 Å². The molecule has 1 heterocycles. The first-order chi connectivity index (χ1) is 11.0. The van der Waals surface area contributed by atoms with Crippen LogP contribution in [0.25, 0.3) is 0 Å². The van der Waals surface area contributed by atoms with Crippen molar-refractivity contribution in [2.75, 3.05) is 11.9 Å². The van der Waals surface area contributed by atoms with Crippen LogP contribution in [0, 0.1) is 10.1 Å². The van der Waals surface area contributed by atoms with E-state index in [1.54, 1.807) is 12.1 Å². The molecule has 0 radical (unpaired) electrons. The fourth-order valence-electron chi connectivity index (χ4n) is 1.87. The molecular formula is C14H14N4O4S. The first-order valence-electron chi connectivity index (χ1n) is 6.67. The summed E-state index contributed by atoms with van der Waals surface area (Å²) in [7, 11) is 0. The number of nitro groups is 1. The molecule has 0 aliphatic carbocycles. The predicted octanol–water partition coefficient (Wildman–Crippen LogP) is 1.70. The number of para-hydroxylation sites is 2. The molecule has 1 atom stereocenters. The summed E-state index contributed by atoms with van der Waals surface area (Å²) < 4.78 is 0. The first kappa shape index (κ1) is 16.7. The van der Waals surface area contributed by atoms with Crippen LogP contribution in [0.5, 0.6) is 0 Å². The van der Waals surface area contributed by atoms with Crippen molar-refractivity contribution in [1.82, 2.24) is 5.32 Å². The fourth-order valence-corrected chi connectivity index (χ4v) is 2.85. The van der Waals surface area contributed by atoms with E-state index in [9.17, 15) is 19.7 Å². The molecule has 2 rings (SSSR count). The Hall–Kier alpha value is -2.68. The number of nitro benzene ring substituents is 1. The molecule has 1 aliphatic heterocycles. The second kappa shape index (κ2) is 7.54. The predicted molar refractivity (Wildman–Crippen MR) is 88.4 cm³/mol. The van der Waals surface area contributed by atoms with Gasteiger partial charge in [-0.05, 0) is 6.07 Å². The highest BCUT2D eigenvalue weighted by Gasteiger charge is 2.32. The van der Waals surface area contributed by atoms with Gasteiger partial charge in [0.2, 0.25) is 11.8 Å². The molecule has 1 saturated heterocycles. The van der Waals surface area contributed by atoms with Gasteiger partial charge < -0.3 is 10.6 Å². The number of nitrogens with zero attached hydrogens (tertiary/aromatic N) is 2. The lowest BCUT2D eigenvalue weighted by molar-refractivity contribution is -0.383. The summed E-state index contributed by atoms with van der Waals surface area (Å²) >= 11 is 1.15. The Morgan fingerprint density at radius 3 is 2.96 bits per heavy atom. The Bertz CT molecular complexity index is 689. The zero-order valence-electron chi connectivity index (χ0n) is 12.0. The number of anilines is 1. The van der Waals surface area contributed by atoms with E-state index in [1.807, 2.05) is 0 Å². The summed E-state index contributed by atoms with van der Waals surface area (Å²) in [6, 6.07) is 5.83. The van der Waals surface area contributed by atoms with Gasteiger partial charge >= 0.3 is 0 Å². The van der Waals surface area contributed by atoms with Crippen LogP contribution >= 0.6 is 11.8 Å². The number of nitrogens with one attached hydrogen (secondary N) is 2. The lowest BCUT2D eigenvalue weighted by atomic mass is 10.2. The lowest BCUT2D eigenvalue weighted by Gasteiger charge is -2.07. The van der Waals surface area contributed by atoms with Crippen molar-refractivity contribution in [3.05, 3.63) is 47.0 Å². The minimum atomic E-state index is -0.610. The van der Waals surface area contributed by atoms with E-state index >= 15 is 0 Å². The maximum atomic E-state index is 12.0. The highest BCUT2D eigenvalue weighted by molar-refractivity contribution is 8.15. The normalized spacial score (nSPS) is 18.5. The first-order valence-corrected chi connectivity index (χ1v) is 7.55. The smallest absolute Gasteiger partial charge is 0.292 e. The molecule has 0 aromatic heterocycles. The maximum absolute atomic E-state index is 12.0. The molecule has 9 heteroatoms. The average Bonchev–Trinajstić information content (AvgIpc) is 2.85. The summed E-state index contributed by atoms with van der Waals surface area (Å²) in [4.78, 5) is 38.2. The Labute approximate surface area is 136 Å². The van der Waals surface area contributed by atoms with Crippen molar-refractivity contribution < 1.29 is 14.5 Å². The second-order valence-corrected chi connectivity index (χ2v) is 5.75. The van der Waals surface area contributed by atoms with Gasteiger partial charge in [-0.3, -0.25) is 24.7 Å². The van der Waals surface area contributed by atoms with Gasteiger partial charge in [0.1, 0.15) is 10.9 Å². The molecule has 0 saturated carbocycles. The van der Waals surface area contributed by atoms with Crippen molar-refractivity contribution in [2.24, 2.45) is 4.99 Å². The van der Waals surface area contributed by atoms with E-state index in [-0.39, 0.29) is 23.7 Å². The highest BCUT2D eigenvalue weighted by atomic mass is 32.2. The molecule has 0 bridgehead atoms. The standard InChI is InChI=1S/C14H14N4O4S/c1-2-7-15-14-17-13(20)11(23-14)8-12(19)16-9-5-3-4-6-10(9)18(21)22/h2-6,11H,1,7-8H2,(H,16,19)(H,15,17,20)/t11-/m0/s1. The molecule has 8 nitrogen and oxygen atoms in total. The number of aliphatic imine (C=N–C) groups is 1. The maximum Gasteiger partial charge on any atom is 0.292 e. The summed E-state index contributed by atoms with van der Waals surface area (Å²) in [5, 5.41) is 15.8. The number of carbonyl (C=O) groups is 2. The molecule has 23 heavy (non-hydrogen) atoms. The number of carbonyl (C=O) groups excluding carboxylic acids is 2. The number of hydrogen-bond donors (Lipinski definition) is 2. The third kappa shape index (κ3) is 4.39. The Kier molecular flexibility index (Phi) is 5.47. The van der Waals surface area contributed by atoms with E-state index in [0.717, 1.165) is 11.8 Å². The lowest BCUT2D eigenvalue weighted by Crippen LogP contribution is -2.28. The van der Waals surface area contributed by atoms with Crippen molar-refractivity contribution >= 4 is 40.1 Å². The third-order valence-electron chi connectivity index (χ3n) is 2.89. The third-order valence-corrected chi connectivity index (χ3v) is 4.01. The molecular weight excluding hydrogens is 320 g/mol. The molecule has 0 unspecified atom stereocenters. The molecule has 1 fully saturated rings. The van der Waals surface area contributed by atoms with Crippen LogP contribution in [0.1, 0.15) is 6.42 Å². The van der Waals surface area contributed by atoms with Crippen molar-refractivity contribution in [3.63, 3.8) is 0 Å². The van der Waals surface area contributed by atoms with Crippen LogP contribution in [0.2, 0.25) is 0 Å². The van der Waals surface area contributed by atoms with Crippen LogP contribution in [-0.2, 0) is 9.59 Å². The van der Waals surface area contributed by atoms with E-state index in [1.165, 1.54) is 18.2 Å². The molecule has 0 spiro atoms. The molecule has 1 aromatic rings. The van der Waals surface area contributed by atoms with Crippen molar-refractivity contribution in [2.45, 2.75) is 11.7 Å². The topological polar surface area (TPSA) is 114 Å². The van der Waals surface area contributed by atoms with Gasteiger partial charge in [-0.2, -0.15) is 0 Å². The molecule has 2 amide bonds. The number of rotatable bonds is 6. The molecule has 1 aromatic carbocycles. The van der Waals surface area contributed by atoms with Crippen molar-refractivity contribution in [3.8, 4) is 0 Å².